The van der Waals surface area contributed by atoms with Crippen LogP contribution in [0.3, 0.4) is 0 Å². The van der Waals surface area contributed by atoms with Gasteiger partial charge in [0.05, 0.1) is 5.69 Å². The minimum absolute atomic E-state index is 0.278. The highest BCUT2D eigenvalue weighted by molar-refractivity contribution is 5.99. The van der Waals surface area contributed by atoms with Crippen LogP contribution in [0.2, 0.25) is 0 Å². The van der Waals surface area contributed by atoms with Crippen LogP contribution in [0.5, 0.6) is 0 Å². The normalized spacial score (nSPS) is 13.3. The van der Waals surface area contributed by atoms with Gasteiger partial charge in [0.25, 0.3) is 0 Å². The SMILES string of the molecule is C=CC(=O)Nc1cccc(-n2cnc3c(N(Cc4ccccc4)Cc4ccccc4)nc(Nc4cccc(N5CCN(C)CC5)c4)nc32)c1. The fourth-order valence-electron chi connectivity index (χ4n) is 6.06. The summed E-state index contributed by atoms with van der Waals surface area (Å²) in [5.41, 5.74) is 7.14. The number of hydrogen-bond acceptors (Lipinski definition) is 8. The van der Waals surface area contributed by atoms with Crippen LogP contribution in [-0.4, -0.2) is 63.6 Å². The van der Waals surface area contributed by atoms with E-state index in [-0.39, 0.29) is 5.91 Å². The third-order valence-electron chi connectivity index (χ3n) is 8.66. The summed E-state index contributed by atoms with van der Waals surface area (Å²) in [7, 11) is 2.16. The quantitative estimate of drug-likeness (QED) is 0.151. The molecule has 0 spiro atoms. The Morgan fingerprint density at radius 3 is 2.10 bits per heavy atom. The number of likely N-dealkylation sites (N-methyl/N-ethyl adjacent to an activating group) is 1. The van der Waals surface area contributed by atoms with Crippen LogP contribution >= 0.6 is 0 Å². The van der Waals surface area contributed by atoms with Crippen LogP contribution < -0.4 is 20.4 Å². The molecule has 0 aliphatic carbocycles. The van der Waals surface area contributed by atoms with Crippen molar-refractivity contribution in [3.8, 4) is 5.69 Å². The Morgan fingerprint density at radius 1 is 0.796 bits per heavy atom. The molecule has 2 aromatic heterocycles. The van der Waals surface area contributed by atoms with Crippen molar-refractivity contribution in [2.24, 2.45) is 0 Å². The summed E-state index contributed by atoms with van der Waals surface area (Å²) in [5.74, 6) is 0.896. The number of carbonyl (C=O) groups is 1. The van der Waals surface area contributed by atoms with E-state index in [2.05, 4.69) is 106 Å². The van der Waals surface area contributed by atoms with Crippen molar-refractivity contribution in [1.29, 1.82) is 0 Å². The molecule has 7 rings (SSSR count). The van der Waals surface area contributed by atoms with Crippen molar-refractivity contribution in [3.05, 3.63) is 139 Å². The topological polar surface area (TPSA) is 94.4 Å². The van der Waals surface area contributed by atoms with Crippen molar-refractivity contribution in [1.82, 2.24) is 24.4 Å². The second-order valence-electron chi connectivity index (χ2n) is 12.2. The van der Waals surface area contributed by atoms with E-state index in [1.165, 1.54) is 6.08 Å². The molecule has 0 bridgehead atoms. The number of carbonyl (C=O) groups excluding carboxylic acids is 1. The predicted octanol–water partition coefficient (Wildman–Crippen LogP) is 6.64. The average molecular weight is 650 g/mol. The molecule has 10 heteroatoms. The first kappa shape index (κ1) is 31.6. The number of imidazole rings is 1. The Kier molecular flexibility index (Phi) is 9.29. The van der Waals surface area contributed by atoms with Crippen LogP contribution in [0.15, 0.2) is 128 Å². The molecule has 3 heterocycles. The highest BCUT2D eigenvalue weighted by atomic mass is 16.1. The Bertz CT molecular complexity index is 2010. The lowest BCUT2D eigenvalue weighted by atomic mass is 10.1. The van der Waals surface area contributed by atoms with Crippen LogP contribution in [-0.2, 0) is 17.9 Å². The summed E-state index contributed by atoms with van der Waals surface area (Å²) in [4.78, 5) is 34.2. The molecule has 1 saturated heterocycles. The van der Waals surface area contributed by atoms with Gasteiger partial charge in [-0.1, -0.05) is 79.4 Å². The number of piperazine rings is 1. The zero-order valence-corrected chi connectivity index (χ0v) is 27.5. The summed E-state index contributed by atoms with van der Waals surface area (Å²) in [6.07, 6.45) is 3.02. The lowest BCUT2D eigenvalue weighted by Gasteiger charge is -2.34. The second kappa shape index (κ2) is 14.4. The third kappa shape index (κ3) is 7.45. The first-order chi connectivity index (χ1) is 24.0. The molecule has 49 heavy (non-hydrogen) atoms. The van der Waals surface area contributed by atoms with Gasteiger partial charge in [0, 0.05) is 56.3 Å². The third-order valence-corrected chi connectivity index (χ3v) is 8.66. The van der Waals surface area contributed by atoms with Gasteiger partial charge in [0.2, 0.25) is 11.9 Å². The molecule has 0 radical (unpaired) electrons. The fraction of sp³-hybridized carbons (Fsp3) is 0.179. The monoisotopic (exact) mass is 649 g/mol. The van der Waals surface area contributed by atoms with E-state index in [1.54, 1.807) is 6.33 Å². The maximum absolute atomic E-state index is 12.1. The van der Waals surface area contributed by atoms with E-state index < -0.39 is 0 Å². The van der Waals surface area contributed by atoms with Crippen LogP contribution in [0.25, 0.3) is 16.9 Å². The molecule has 1 amide bonds. The number of anilines is 5. The van der Waals surface area contributed by atoms with E-state index >= 15 is 0 Å². The van der Waals surface area contributed by atoms with Gasteiger partial charge in [-0.05, 0) is 60.6 Å². The number of nitrogens with one attached hydrogen (secondary N) is 2. The molecular weight excluding hydrogens is 610 g/mol. The molecule has 246 valence electrons. The first-order valence-corrected chi connectivity index (χ1v) is 16.4. The van der Waals surface area contributed by atoms with E-state index in [4.69, 9.17) is 15.0 Å². The van der Waals surface area contributed by atoms with Gasteiger partial charge < -0.3 is 25.3 Å². The second-order valence-corrected chi connectivity index (χ2v) is 12.2. The summed E-state index contributed by atoms with van der Waals surface area (Å²) in [5, 5.41) is 6.38. The van der Waals surface area contributed by atoms with Gasteiger partial charge in [-0.15, -0.1) is 0 Å². The average Bonchev–Trinajstić information content (AvgIpc) is 3.56. The predicted molar refractivity (Wildman–Crippen MR) is 198 cm³/mol. The Morgan fingerprint density at radius 2 is 1.43 bits per heavy atom. The van der Waals surface area contributed by atoms with Gasteiger partial charge in [-0.3, -0.25) is 9.36 Å². The largest absolute Gasteiger partial charge is 0.369 e. The Balaban J connectivity index is 1.32. The number of hydrogen-bond donors (Lipinski definition) is 2. The van der Waals surface area contributed by atoms with E-state index in [9.17, 15) is 4.79 Å². The van der Waals surface area contributed by atoms with Crippen molar-refractivity contribution in [2.45, 2.75) is 13.1 Å². The van der Waals surface area contributed by atoms with Gasteiger partial charge in [-0.25, -0.2) is 4.98 Å². The number of benzene rings is 4. The summed E-state index contributed by atoms with van der Waals surface area (Å²) in [6.45, 7) is 8.83. The maximum Gasteiger partial charge on any atom is 0.247 e. The molecule has 0 saturated carbocycles. The van der Waals surface area contributed by atoms with Crippen molar-refractivity contribution >= 4 is 45.9 Å². The smallest absolute Gasteiger partial charge is 0.247 e. The number of amides is 1. The lowest BCUT2D eigenvalue weighted by molar-refractivity contribution is -0.111. The van der Waals surface area contributed by atoms with Gasteiger partial charge in [0.1, 0.15) is 6.33 Å². The van der Waals surface area contributed by atoms with Crippen molar-refractivity contribution in [2.75, 3.05) is 53.7 Å². The van der Waals surface area contributed by atoms with E-state index in [0.29, 0.717) is 41.7 Å². The molecule has 6 aromatic rings. The first-order valence-electron chi connectivity index (χ1n) is 16.4. The van der Waals surface area contributed by atoms with Crippen LogP contribution in [0.4, 0.5) is 28.8 Å². The number of aromatic nitrogens is 4. The molecule has 1 aliphatic rings. The molecule has 4 aromatic carbocycles. The number of fused-ring (bicyclic) bond motifs is 1. The summed E-state index contributed by atoms with van der Waals surface area (Å²) in [6, 6.07) is 36.8. The fourth-order valence-corrected chi connectivity index (χ4v) is 6.06. The standard InChI is InChI=1S/C39H39N9O/c1-3-35(49)41-31-16-11-19-34(25-31)48-28-40-36-37(47(26-29-12-6-4-7-13-29)27-30-14-8-5-9-15-30)43-39(44-38(36)48)42-32-17-10-18-33(24-32)46-22-20-45(2)21-23-46/h3-19,24-25,28H,1,20-23,26-27H2,2H3,(H,41,49)(H,42,43,44). The number of rotatable bonds is 11. The molecule has 0 unspecified atom stereocenters. The Hall–Kier alpha value is -6.00. The minimum Gasteiger partial charge on any atom is -0.369 e. The zero-order valence-electron chi connectivity index (χ0n) is 27.5. The van der Waals surface area contributed by atoms with Gasteiger partial charge in [0.15, 0.2) is 17.0 Å². The van der Waals surface area contributed by atoms with Crippen LogP contribution in [0.1, 0.15) is 11.1 Å². The minimum atomic E-state index is -0.278. The molecule has 1 fully saturated rings. The Labute approximate surface area is 286 Å². The highest BCUT2D eigenvalue weighted by Crippen LogP contribution is 2.31. The zero-order chi connectivity index (χ0) is 33.6. The molecular formula is C39H39N9O. The van der Waals surface area contributed by atoms with Gasteiger partial charge >= 0.3 is 0 Å². The molecule has 2 N–H and O–H groups in total. The van der Waals surface area contributed by atoms with E-state index in [1.807, 2.05) is 47.0 Å². The molecule has 10 nitrogen and oxygen atoms in total. The molecule has 1 aliphatic heterocycles. The van der Waals surface area contributed by atoms with E-state index in [0.717, 1.165) is 54.4 Å². The van der Waals surface area contributed by atoms with Crippen molar-refractivity contribution < 1.29 is 4.79 Å². The van der Waals surface area contributed by atoms with Gasteiger partial charge in [-0.2, -0.15) is 9.97 Å². The van der Waals surface area contributed by atoms with Crippen molar-refractivity contribution in [3.63, 3.8) is 0 Å². The summed E-state index contributed by atoms with van der Waals surface area (Å²) < 4.78 is 1.93. The molecule has 0 atom stereocenters. The van der Waals surface area contributed by atoms with Crippen LogP contribution in [0, 0.1) is 0 Å². The lowest BCUT2D eigenvalue weighted by Crippen LogP contribution is -2.44. The summed E-state index contributed by atoms with van der Waals surface area (Å²) >= 11 is 0. The number of nitrogens with zero attached hydrogens (tertiary/aromatic N) is 7. The maximum atomic E-state index is 12.1. The highest BCUT2D eigenvalue weighted by Gasteiger charge is 2.21.